The molecule has 2 aromatic rings. The predicted octanol–water partition coefficient (Wildman–Crippen LogP) is 5.91. The highest BCUT2D eigenvalue weighted by Gasteiger charge is 2.31. The summed E-state index contributed by atoms with van der Waals surface area (Å²) in [5.41, 5.74) is 1.50. The fourth-order valence-electron chi connectivity index (χ4n) is 2.65. The minimum absolute atomic E-state index is 0.375. The van der Waals surface area contributed by atoms with Crippen molar-refractivity contribution in [1.29, 1.82) is 0 Å². The lowest BCUT2D eigenvalue weighted by Crippen LogP contribution is -2.35. The third-order valence-corrected chi connectivity index (χ3v) is 5.99. The van der Waals surface area contributed by atoms with Crippen molar-refractivity contribution in [2.45, 2.75) is 44.2 Å². The summed E-state index contributed by atoms with van der Waals surface area (Å²) in [4.78, 5) is 0. The summed E-state index contributed by atoms with van der Waals surface area (Å²) in [6.07, 6.45) is -4.03. The van der Waals surface area contributed by atoms with Crippen LogP contribution in [0.2, 0.25) is 0 Å². The molecule has 0 heterocycles. The molecular weight excluding hydrogens is 399 g/mol. The molecule has 0 aliphatic heterocycles. The minimum atomic E-state index is -4.40. The van der Waals surface area contributed by atoms with Crippen LogP contribution in [0, 0.1) is 0 Å². The van der Waals surface area contributed by atoms with Gasteiger partial charge in [0.05, 0.1) is 28.4 Å². The molecule has 1 N–H and O–H groups in total. The number of nitrogens with one attached hydrogen (secondary N) is 1. The SMILES string of the molecule is C=C(C[C@H](N[S@](=O)C(C)(C)C)c1ccc(C(F)(F)F)cc1)c1cccc(OC)c1. The van der Waals surface area contributed by atoms with Crippen molar-refractivity contribution in [3.8, 4) is 5.75 Å². The Morgan fingerprint density at radius 2 is 1.76 bits per heavy atom. The van der Waals surface area contributed by atoms with E-state index in [1.165, 1.54) is 12.1 Å². The van der Waals surface area contributed by atoms with Crippen LogP contribution in [0.1, 0.15) is 49.9 Å². The van der Waals surface area contributed by atoms with Crippen LogP contribution in [0.15, 0.2) is 55.1 Å². The minimum Gasteiger partial charge on any atom is -0.497 e. The van der Waals surface area contributed by atoms with Crippen LogP contribution in [-0.4, -0.2) is 16.1 Å². The third kappa shape index (κ3) is 6.44. The fourth-order valence-corrected chi connectivity index (χ4v) is 3.48. The molecule has 2 atom stereocenters. The molecule has 0 spiro atoms. The lowest BCUT2D eigenvalue weighted by atomic mass is 9.95. The van der Waals surface area contributed by atoms with Crippen molar-refractivity contribution < 1.29 is 22.1 Å². The Bertz CT molecular complexity index is 871. The van der Waals surface area contributed by atoms with Gasteiger partial charge in [-0.3, -0.25) is 0 Å². The van der Waals surface area contributed by atoms with E-state index in [9.17, 15) is 17.4 Å². The Morgan fingerprint density at radius 3 is 2.28 bits per heavy atom. The maximum Gasteiger partial charge on any atom is 0.416 e. The molecule has 0 unspecified atom stereocenters. The molecule has 0 saturated heterocycles. The number of rotatable bonds is 7. The first kappa shape index (κ1) is 23.2. The molecule has 0 aromatic heterocycles. The van der Waals surface area contributed by atoms with Crippen molar-refractivity contribution in [1.82, 2.24) is 4.72 Å². The molecule has 0 saturated carbocycles. The predicted molar refractivity (Wildman–Crippen MR) is 112 cm³/mol. The van der Waals surface area contributed by atoms with E-state index >= 15 is 0 Å². The number of ether oxygens (including phenoxy) is 1. The summed E-state index contributed by atoms with van der Waals surface area (Å²) >= 11 is 0. The van der Waals surface area contributed by atoms with Gasteiger partial charge in [0.1, 0.15) is 5.75 Å². The molecule has 0 radical (unpaired) electrons. The summed E-state index contributed by atoms with van der Waals surface area (Å²) in [6, 6.07) is 11.8. The van der Waals surface area contributed by atoms with Crippen LogP contribution in [0.3, 0.4) is 0 Å². The Labute approximate surface area is 172 Å². The smallest absolute Gasteiger partial charge is 0.416 e. The summed E-state index contributed by atoms with van der Waals surface area (Å²) in [5, 5.41) is 0. The highest BCUT2D eigenvalue weighted by Crippen LogP contribution is 2.33. The molecule has 3 nitrogen and oxygen atoms in total. The van der Waals surface area contributed by atoms with Gasteiger partial charge in [-0.25, -0.2) is 8.93 Å². The Kier molecular flexibility index (Phi) is 7.30. The highest BCUT2D eigenvalue weighted by molar-refractivity contribution is 7.84. The van der Waals surface area contributed by atoms with Gasteiger partial charge in [-0.05, 0) is 68.2 Å². The van der Waals surface area contributed by atoms with Gasteiger partial charge in [-0.2, -0.15) is 13.2 Å². The lowest BCUT2D eigenvalue weighted by Gasteiger charge is -2.25. The average Bonchev–Trinajstić information content (AvgIpc) is 2.66. The zero-order valence-electron chi connectivity index (χ0n) is 17.0. The summed E-state index contributed by atoms with van der Waals surface area (Å²) in [6.45, 7) is 9.61. The summed E-state index contributed by atoms with van der Waals surface area (Å²) in [7, 11) is 0.163. The monoisotopic (exact) mass is 425 g/mol. The first-order chi connectivity index (χ1) is 13.4. The molecule has 7 heteroatoms. The summed E-state index contributed by atoms with van der Waals surface area (Å²) < 4.78 is 59.1. The van der Waals surface area contributed by atoms with Gasteiger partial charge in [0.15, 0.2) is 0 Å². The van der Waals surface area contributed by atoms with Gasteiger partial charge in [-0.15, -0.1) is 0 Å². The molecule has 0 fully saturated rings. The molecule has 0 amide bonds. The molecule has 158 valence electrons. The fraction of sp³-hybridized carbons (Fsp3) is 0.364. The summed E-state index contributed by atoms with van der Waals surface area (Å²) in [5.74, 6) is 0.681. The van der Waals surface area contributed by atoms with Crippen molar-refractivity contribution in [3.63, 3.8) is 0 Å². The van der Waals surface area contributed by atoms with Gasteiger partial charge >= 0.3 is 6.18 Å². The van der Waals surface area contributed by atoms with E-state index in [2.05, 4.69) is 11.3 Å². The first-order valence-corrected chi connectivity index (χ1v) is 10.2. The first-order valence-electron chi connectivity index (χ1n) is 9.09. The quantitative estimate of drug-likeness (QED) is 0.599. The second-order valence-electron chi connectivity index (χ2n) is 7.71. The number of halogens is 3. The van der Waals surface area contributed by atoms with Gasteiger partial charge in [-0.1, -0.05) is 30.8 Å². The van der Waals surface area contributed by atoms with Crippen LogP contribution in [0.5, 0.6) is 5.75 Å². The Balaban J connectivity index is 2.31. The Hall–Kier alpha value is -2.12. The van der Waals surface area contributed by atoms with E-state index in [1.54, 1.807) is 7.11 Å². The topological polar surface area (TPSA) is 38.3 Å². The van der Waals surface area contributed by atoms with E-state index in [0.29, 0.717) is 17.7 Å². The molecule has 2 aromatic carbocycles. The second kappa shape index (κ2) is 9.13. The lowest BCUT2D eigenvalue weighted by molar-refractivity contribution is -0.137. The normalized spacial score (nSPS) is 14.3. The second-order valence-corrected chi connectivity index (χ2v) is 9.71. The van der Waals surface area contributed by atoms with E-state index in [0.717, 1.165) is 23.3 Å². The number of hydrogen-bond donors (Lipinski definition) is 1. The maximum absolute atomic E-state index is 12.9. The van der Waals surface area contributed by atoms with Crippen molar-refractivity contribution >= 4 is 16.6 Å². The van der Waals surface area contributed by atoms with Gasteiger partial charge in [0.2, 0.25) is 0 Å². The molecule has 29 heavy (non-hydrogen) atoms. The zero-order chi connectivity index (χ0) is 21.8. The Morgan fingerprint density at radius 1 is 1.14 bits per heavy atom. The van der Waals surface area contributed by atoms with Crippen LogP contribution in [0.4, 0.5) is 13.2 Å². The molecule has 2 rings (SSSR count). The van der Waals surface area contributed by atoms with Gasteiger partial charge in [0.25, 0.3) is 0 Å². The molecular formula is C22H26F3NO2S. The van der Waals surface area contributed by atoms with Gasteiger partial charge in [0, 0.05) is 6.04 Å². The van der Waals surface area contributed by atoms with Crippen LogP contribution in [0.25, 0.3) is 5.57 Å². The number of hydrogen-bond acceptors (Lipinski definition) is 2. The number of alkyl halides is 3. The standard InChI is InChI=1S/C22H26F3NO2S/c1-15(17-7-6-8-19(14-17)28-5)13-20(26-29(27)21(2,3)4)16-9-11-18(12-10-16)22(23,24)25/h6-12,14,20,26H,1,13H2,2-5H3/t20-,29+/m0/s1. The van der Waals surface area contributed by atoms with E-state index < -0.39 is 33.5 Å². The maximum atomic E-state index is 12.9. The van der Waals surface area contributed by atoms with E-state index in [4.69, 9.17) is 4.74 Å². The molecule has 0 aliphatic rings. The number of benzene rings is 2. The molecule has 0 aliphatic carbocycles. The van der Waals surface area contributed by atoms with Gasteiger partial charge < -0.3 is 4.74 Å². The number of methoxy groups -OCH3 is 1. The average molecular weight is 426 g/mol. The third-order valence-electron chi connectivity index (χ3n) is 4.37. The van der Waals surface area contributed by atoms with Crippen molar-refractivity contribution in [2.75, 3.05) is 7.11 Å². The van der Waals surface area contributed by atoms with Crippen LogP contribution < -0.4 is 9.46 Å². The highest BCUT2D eigenvalue weighted by atomic mass is 32.2. The van der Waals surface area contributed by atoms with Crippen molar-refractivity contribution in [3.05, 3.63) is 71.8 Å². The van der Waals surface area contributed by atoms with E-state index in [1.807, 2.05) is 45.0 Å². The largest absolute Gasteiger partial charge is 0.497 e. The zero-order valence-corrected chi connectivity index (χ0v) is 17.8. The van der Waals surface area contributed by atoms with Crippen molar-refractivity contribution in [2.24, 2.45) is 0 Å². The molecule has 0 bridgehead atoms. The van der Waals surface area contributed by atoms with E-state index in [-0.39, 0.29) is 0 Å². The van der Waals surface area contributed by atoms with Crippen LogP contribution >= 0.6 is 0 Å². The van der Waals surface area contributed by atoms with Crippen LogP contribution in [-0.2, 0) is 17.2 Å².